The van der Waals surface area contributed by atoms with Crippen LogP contribution in [0.25, 0.3) is 0 Å². The van der Waals surface area contributed by atoms with E-state index in [4.69, 9.17) is 10.5 Å². The molecular weight excluding hydrogens is 190 g/mol. The maximum atomic E-state index is 9.20. The van der Waals surface area contributed by atoms with Gasteiger partial charge in [-0.05, 0) is 12.8 Å². The summed E-state index contributed by atoms with van der Waals surface area (Å²) in [6.45, 7) is 11.9. The van der Waals surface area contributed by atoms with Crippen LogP contribution in [0.1, 0.15) is 12.8 Å². The highest BCUT2D eigenvalue weighted by Crippen LogP contribution is 1.97. The molecule has 0 aliphatic heterocycles. The van der Waals surface area contributed by atoms with Gasteiger partial charge in [-0.25, -0.2) is 0 Å². The summed E-state index contributed by atoms with van der Waals surface area (Å²) in [6.07, 6.45) is 6.30. The number of nitrogens with two attached hydrogens (primary N) is 1. The van der Waals surface area contributed by atoms with E-state index in [1.54, 1.807) is 18.2 Å². The summed E-state index contributed by atoms with van der Waals surface area (Å²) in [6, 6.07) is 0. The fourth-order valence-electron chi connectivity index (χ4n) is 0.681. The van der Waals surface area contributed by atoms with Crippen molar-refractivity contribution in [1.29, 1.82) is 0 Å². The first-order valence-electron chi connectivity index (χ1n) is 5.01. The lowest BCUT2D eigenvalue weighted by atomic mass is 10.2. The van der Waals surface area contributed by atoms with Gasteiger partial charge >= 0.3 is 0 Å². The smallest absolute Gasteiger partial charge is 0.0776 e. The van der Waals surface area contributed by atoms with Crippen molar-refractivity contribution >= 4 is 0 Å². The van der Waals surface area contributed by atoms with Gasteiger partial charge in [0.1, 0.15) is 0 Å². The summed E-state index contributed by atoms with van der Waals surface area (Å²) >= 11 is 0. The lowest BCUT2D eigenvalue weighted by molar-refractivity contribution is 0.0452. The Kier molecular flexibility index (Phi) is 17.2. The Bertz CT molecular complexity index is 158. The molecule has 0 aliphatic rings. The van der Waals surface area contributed by atoms with Gasteiger partial charge in [0, 0.05) is 6.54 Å². The summed E-state index contributed by atoms with van der Waals surface area (Å²) in [5.41, 5.74) is 4.91. The lowest BCUT2D eigenvalue weighted by Gasteiger charge is -2.07. The fourth-order valence-corrected chi connectivity index (χ4v) is 0.681. The van der Waals surface area contributed by atoms with Gasteiger partial charge in [-0.1, -0.05) is 18.2 Å². The highest BCUT2D eigenvalue weighted by molar-refractivity contribution is 4.69. The van der Waals surface area contributed by atoms with Crippen molar-refractivity contribution in [2.24, 2.45) is 5.73 Å². The number of hydrogen-bond acceptors (Lipinski definition) is 3. The number of aliphatic hydroxyl groups is 1. The molecule has 0 heterocycles. The van der Waals surface area contributed by atoms with Crippen molar-refractivity contribution in [3.63, 3.8) is 0 Å². The van der Waals surface area contributed by atoms with Crippen LogP contribution < -0.4 is 5.73 Å². The van der Waals surface area contributed by atoms with Crippen molar-refractivity contribution in [2.45, 2.75) is 18.9 Å². The number of allylic oxidation sites excluding steroid dienone is 1. The van der Waals surface area contributed by atoms with Crippen LogP contribution in [0.15, 0.2) is 38.0 Å². The lowest BCUT2D eigenvalue weighted by Crippen LogP contribution is -2.14. The number of rotatable bonds is 8. The largest absolute Gasteiger partial charge is 0.391 e. The third kappa shape index (κ3) is 19.5. The highest BCUT2D eigenvalue weighted by atomic mass is 16.5. The maximum absolute atomic E-state index is 9.20. The summed E-state index contributed by atoms with van der Waals surface area (Å²) in [5.74, 6) is 0. The Labute approximate surface area is 92.9 Å². The van der Waals surface area contributed by atoms with Crippen LogP contribution in [-0.2, 0) is 4.74 Å². The van der Waals surface area contributed by atoms with Crippen LogP contribution in [-0.4, -0.2) is 31.0 Å². The van der Waals surface area contributed by atoms with E-state index in [1.165, 1.54) is 0 Å². The molecular formula is C12H23NO2. The van der Waals surface area contributed by atoms with Crippen molar-refractivity contribution < 1.29 is 9.84 Å². The molecule has 88 valence electrons. The predicted molar refractivity (Wildman–Crippen MR) is 65.7 cm³/mol. The first-order valence-corrected chi connectivity index (χ1v) is 5.01. The number of ether oxygens (including phenoxy) is 1. The Morgan fingerprint density at radius 2 is 1.80 bits per heavy atom. The first kappa shape index (κ1) is 16.5. The quantitative estimate of drug-likeness (QED) is 0.476. The molecule has 0 aromatic heterocycles. The molecule has 0 saturated carbocycles. The summed E-state index contributed by atoms with van der Waals surface area (Å²) < 4.78 is 5.04. The summed E-state index contributed by atoms with van der Waals surface area (Å²) in [4.78, 5) is 0. The Morgan fingerprint density at radius 1 is 1.20 bits per heavy atom. The van der Waals surface area contributed by atoms with Gasteiger partial charge in [-0.3, -0.25) is 0 Å². The van der Waals surface area contributed by atoms with Crippen LogP contribution in [0.2, 0.25) is 0 Å². The van der Waals surface area contributed by atoms with Gasteiger partial charge in [0.2, 0.25) is 0 Å². The van der Waals surface area contributed by atoms with E-state index in [0.717, 1.165) is 12.8 Å². The molecule has 0 radical (unpaired) electrons. The monoisotopic (exact) mass is 213 g/mol. The zero-order valence-electron chi connectivity index (χ0n) is 9.40. The van der Waals surface area contributed by atoms with Crippen LogP contribution in [0.5, 0.6) is 0 Å². The van der Waals surface area contributed by atoms with Gasteiger partial charge in [-0.15, -0.1) is 19.7 Å². The second kappa shape index (κ2) is 15.6. The molecule has 0 bridgehead atoms. The van der Waals surface area contributed by atoms with Gasteiger partial charge in [0.15, 0.2) is 0 Å². The van der Waals surface area contributed by atoms with Crippen LogP contribution >= 0.6 is 0 Å². The molecule has 0 aliphatic carbocycles. The van der Waals surface area contributed by atoms with Crippen molar-refractivity contribution in [1.82, 2.24) is 0 Å². The van der Waals surface area contributed by atoms with Gasteiger partial charge in [-0.2, -0.15) is 0 Å². The minimum atomic E-state index is -0.368. The Morgan fingerprint density at radius 3 is 2.20 bits per heavy atom. The maximum Gasteiger partial charge on any atom is 0.0776 e. The third-order valence-corrected chi connectivity index (χ3v) is 1.42. The second-order valence-corrected chi connectivity index (χ2v) is 2.87. The van der Waals surface area contributed by atoms with E-state index in [0.29, 0.717) is 19.8 Å². The highest BCUT2D eigenvalue weighted by Gasteiger charge is 2.00. The molecule has 3 N–H and O–H groups in total. The van der Waals surface area contributed by atoms with Gasteiger partial charge in [0.25, 0.3) is 0 Å². The van der Waals surface area contributed by atoms with Crippen LogP contribution in [0, 0.1) is 0 Å². The molecule has 0 fully saturated rings. The van der Waals surface area contributed by atoms with Gasteiger partial charge in [0.05, 0.1) is 19.3 Å². The number of hydrogen-bond donors (Lipinski definition) is 2. The molecule has 0 rings (SSSR count). The Balaban J connectivity index is 0. The minimum absolute atomic E-state index is 0.368. The average molecular weight is 213 g/mol. The van der Waals surface area contributed by atoms with E-state index in [9.17, 15) is 5.11 Å². The van der Waals surface area contributed by atoms with Gasteiger partial charge < -0.3 is 15.6 Å². The molecule has 15 heavy (non-hydrogen) atoms. The molecule has 0 amide bonds. The molecule has 0 spiro atoms. The predicted octanol–water partition coefficient (Wildman–Crippen LogP) is 1.65. The topological polar surface area (TPSA) is 55.5 Å². The molecule has 0 aromatic carbocycles. The third-order valence-electron chi connectivity index (χ3n) is 1.42. The molecule has 0 saturated heterocycles. The zero-order valence-corrected chi connectivity index (χ0v) is 9.40. The first-order chi connectivity index (χ1) is 7.22. The summed E-state index contributed by atoms with van der Waals surface area (Å²) in [5, 5.41) is 9.20. The normalized spacial score (nSPS) is 10.8. The molecule has 3 nitrogen and oxygen atoms in total. The second-order valence-electron chi connectivity index (χ2n) is 2.87. The molecule has 0 aromatic rings. The van der Waals surface area contributed by atoms with Crippen molar-refractivity contribution in [3.05, 3.63) is 38.0 Å². The van der Waals surface area contributed by atoms with Crippen molar-refractivity contribution in [3.8, 4) is 0 Å². The van der Waals surface area contributed by atoms with E-state index in [-0.39, 0.29) is 6.10 Å². The van der Waals surface area contributed by atoms with E-state index in [1.807, 2.05) is 0 Å². The van der Waals surface area contributed by atoms with Crippen LogP contribution in [0.4, 0.5) is 0 Å². The van der Waals surface area contributed by atoms with E-state index < -0.39 is 0 Å². The van der Waals surface area contributed by atoms with Crippen LogP contribution in [0.3, 0.4) is 0 Å². The Hall–Kier alpha value is -0.900. The van der Waals surface area contributed by atoms with E-state index >= 15 is 0 Å². The molecule has 1 unspecified atom stereocenters. The average Bonchev–Trinajstić information content (AvgIpc) is 2.27. The molecule has 1 atom stereocenters. The minimum Gasteiger partial charge on any atom is -0.391 e. The zero-order chi connectivity index (χ0) is 11.9. The van der Waals surface area contributed by atoms with E-state index in [2.05, 4.69) is 19.7 Å². The fraction of sp³-hybridized carbons (Fsp3) is 0.500. The SMILES string of the molecule is C=CCCC(O)COCC=C.C=CCN. The van der Waals surface area contributed by atoms with Crippen molar-refractivity contribution in [2.75, 3.05) is 19.8 Å². The standard InChI is InChI=1S/C9H16O2.C3H7N/c1-3-5-6-9(10)8-11-7-4-2;1-2-3-4/h3-4,9-10H,1-2,5-8H2;2H,1,3-4H2. The number of aliphatic hydroxyl groups excluding tert-OH is 1. The summed E-state index contributed by atoms with van der Waals surface area (Å²) in [7, 11) is 0. The molecule has 3 heteroatoms.